The van der Waals surface area contributed by atoms with E-state index in [0.29, 0.717) is 37.2 Å². The minimum atomic E-state index is -0.696. The van der Waals surface area contributed by atoms with Crippen LogP contribution < -0.4 is 0 Å². The summed E-state index contributed by atoms with van der Waals surface area (Å²) in [5, 5.41) is 20.0. The second kappa shape index (κ2) is 6.47. The Bertz CT molecular complexity index is 632. The first kappa shape index (κ1) is 19.2. The molecule has 1 heterocycles. The van der Waals surface area contributed by atoms with Gasteiger partial charge in [0.15, 0.2) is 0 Å². The van der Waals surface area contributed by atoms with Crippen LogP contribution in [0.2, 0.25) is 0 Å². The Morgan fingerprint density at radius 3 is 2.52 bits per heavy atom. The fraction of sp³-hybridized carbons (Fsp3) is 0.909. The van der Waals surface area contributed by atoms with Gasteiger partial charge < -0.3 is 14.9 Å². The van der Waals surface area contributed by atoms with Crippen molar-refractivity contribution in [3.63, 3.8) is 0 Å². The van der Waals surface area contributed by atoms with Gasteiger partial charge in [0.25, 0.3) is 0 Å². The average Bonchev–Trinajstić information content (AvgIpc) is 2.90. The minimum absolute atomic E-state index is 0.00879. The van der Waals surface area contributed by atoms with Crippen LogP contribution in [0.15, 0.2) is 0 Å². The molecule has 0 radical (unpaired) electrons. The maximum Gasteiger partial charge on any atom is 0.309 e. The van der Waals surface area contributed by atoms with Crippen molar-refractivity contribution in [1.82, 2.24) is 0 Å². The number of esters is 1. The summed E-state index contributed by atoms with van der Waals surface area (Å²) in [7, 11) is 0. The van der Waals surface area contributed by atoms with Crippen molar-refractivity contribution in [3.8, 4) is 0 Å². The van der Waals surface area contributed by atoms with Gasteiger partial charge in [-0.3, -0.25) is 9.59 Å². The van der Waals surface area contributed by atoms with Crippen molar-refractivity contribution in [2.24, 2.45) is 46.3 Å². The molecular formula is C22H34O5. The maximum atomic E-state index is 12.8. The van der Waals surface area contributed by atoms with Crippen LogP contribution in [0.4, 0.5) is 0 Å². The molecule has 0 aromatic heterocycles. The lowest BCUT2D eigenvalue weighted by Gasteiger charge is -2.55. The summed E-state index contributed by atoms with van der Waals surface area (Å²) >= 11 is 0. The highest BCUT2D eigenvalue weighted by molar-refractivity contribution is 5.74. The number of carbonyl (C=O) groups excluding carboxylic acids is 1. The van der Waals surface area contributed by atoms with Crippen LogP contribution in [0.5, 0.6) is 0 Å². The van der Waals surface area contributed by atoms with E-state index in [0.717, 1.165) is 32.1 Å². The number of rotatable bonds is 2. The van der Waals surface area contributed by atoms with Gasteiger partial charge in [0.05, 0.1) is 24.5 Å². The molecule has 2 N–H and O–H groups in total. The predicted octanol–water partition coefficient (Wildman–Crippen LogP) is 3.49. The van der Waals surface area contributed by atoms with Crippen molar-refractivity contribution < 1.29 is 24.5 Å². The SMILES string of the molecule is C[C@H](C(=O)O)[C@H]1CC[C@H]2[C@@H]3COC(=O)[C@H]4CC[C@H](O)C[C@]4(C)[C@H]3CC[C@]12C. The van der Waals surface area contributed by atoms with Crippen LogP contribution >= 0.6 is 0 Å². The molecule has 4 fully saturated rings. The Morgan fingerprint density at radius 1 is 1.11 bits per heavy atom. The lowest BCUT2D eigenvalue weighted by molar-refractivity contribution is -0.155. The predicted molar refractivity (Wildman–Crippen MR) is 99.7 cm³/mol. The van der Waals surface area contributed by atoms with Crippen molar-refractivity contribution in [2.45, 2.75) is 71.8 Å². The van der Waals surface area contributed by atoms with E-state index in [-0.39, 0.29) is 40.7 Å². The number of carboxylic acids is 1. The highest BCUT2D eigenvalue weighted by Crippen LogP contribution is 2.65. The van der Waals surface area contributed by atoms with E-state index in [1.54, 1.807) is 0 Å². The van der Waals surface area contributed by atoms with Gasteiger partial charge in [0.1, 0.15) is 0 Å². The molecule has 27 heavy (non-hydrogen) atoms. The summed E-state index contributed by atoms with van der Waals surface area (Å²) in [6.45, 7) is 6.82. The van der Waals surface area contributed by atoms with Crippen molar-refractivity contribution in [2.75, 3.05) is 6.61 Å². The summed E-state index contributed by atoms with van der Waals surface area (Å²) < 4.78 is 5.80. The molecule has 3 saturated carbocycles. The van der Waals surface area contributed by atoms with Gasteiger partial charge in [-0.15, -0.1) is 0 Å². The molecule has 3 aliphatic carbocycles. The summed E-state index contributed by atoms with van der Waals surface area (Å²) in [6.07, 6.45) is 5.79. The van der Waals surface area contributed by atoms with Crippen molar-refractivity contribution >= 4 is 11.9 Å². The van der Waals surface area contributed by atoms with Crippen LogP contribution in [0.25, 0.3) is 0 Å². The number of hydrogen-bond donors (Lipinski definition) is 2. The van der Waals surface area contributed by atoms with E-state index in [2.05, 4.69) is 13.8 Å². The zero-order valence-electron chi connectivity index (χ0n) is 16.8. The van der Waals surface area contributed by atoms with Gasteiger partial charge in [-0.05, 0) is 79.4 Å². The molecule has 0 aromatic rings. The van der Waals surface area contributed by atoms with Gasteiger partial charge in [0, 0.05) is 0 Å². The number of aliphatic hydroxyl groups is 1. The number of carboxylic acid groups (broad SMARTS) is 1. The quantitative estimate of drug-likeness (QED) is 0.719. The average molecular weight is 379 g/mol. The molecule has 5 heteroatoms. The summed E-state index contributed by atoms with van der Waals surface area (Å²) in [5.41, 5.74) is -0.192. The van der Waals surface area contributed by atoms with Crippen molar-refractivity contribution in [1.29, 1.82) is 0 Å². The third-order valence-electron chi connectivity index (χ3n) is 9.31. The van der Waals surface area contributed by atoms with Crippen LogP contribution in [-0.2, 0) is 14.3 Å². The zero-order valence-corrected chi connectivity index (χ0v) is 16.8. The molecule has 0 amide bonds. The van der Waals surface area contributed by atoms with Crippen LogP contribution in [0, 0.1) is 46.3 Å². The van der Waals surface area contributed by atoms with Gasteiger partial charge in [0.2, 0.25) is 0 Å². The van der Waals surface area contributed by atoms with E-state index >= 15 is 0 Å². The normalized spacial score (nSPS) is 50.6. The number of hydrogen-bond acceptors (Lipinski definition) is 4. The number of carbonyl (C=O) groups is 2. The first-order valence-corrected chi connectivity index (χ1v) is 10.8. The summed E-state index contributed by atoms with van der Waals surface area (Å²) in [6, 6.07) is 0. The molecule has 1 aliphatic heterocycles. The molecular weight excluding hydrogens is 344 g/mol. The largest absolute Gasteiger partial charge is 0.481 e. The Labute approximate surface area is 161 Å². The van der Waals surface area contributed by atoms with E-state index in [9.17, 15) is 19.8 Å². The molecule has 1 saturated heterocycles. The Morgan fingerprint density at radius 2 is 1.81 bits per heavy atom. The Balaban J connectivity index is 1.67. The summed E-state index contributed by atoms with van der Waals surface area (Å²) in [5.74, 6) is 0.0681. The standard InChI is InChI=1S/C22H34O5/c1-12(19(24)25)15-6-7-16-14-11-27-20(26)18-5-4-13(23)10-22(18,3)17(14)8-9-21(15,16)2/h12-18,23H,4-11H2,1-3H3,(H,24,25)/t12-,13-,14-,15+,16-,17-,18+,21+,22+/m0/s1. The molecule has 0 bridgehead atoms. The highest BCUT2D eigenvalue weighted by Gasteiger charge is 2.62. The minimum Gasteiger partial charge on any atom is -0.481 e. The van der Waals surface area contributed by atoms with Crippen LogP contribution in [0.1, 0.15) is 65.7 Å². The number of aliphatic hydroxyl groups excluding tert-OH is 1. The van der Waals surface area contributed by atoms with Crippen LogP contribution in [-0.4, -0.2) is 34.9 Å². The molecule has 4 rings (SSSR count). The number of fused-ring (bicyclic) bond motifs is 5. The second-order valence-corrected chi connectivity index (χ2v) is 10.4. The monoisotopic (exact) mass is 378 g/mol. The first-order chi connectivity index (χ1) is 12.7. The van der Waals surface area contributed by atoms with E-state index in [1.165, 1.54) is 0 Å². The second-order valence-electron chi connectivity index (χ2n) is 10.4. The fourth-order valence-electron chi connectivity index (χ4n) is 7.89. The Kier molecular flexibility index (Phi) is 4.60. The lowest BCUT2D eigenvalue weighted by atomic mass is 9.48. The van der Waals surface area contributed by atoms with Gasteiger partial charge in [-0.1, -0.05) is 20.8 Å². The molecule has 0 unspecified atom stereocenters. The molecule has 0 aromatic carbocycles. The van der Waals surface area contributed by atoms with Gasteiger partial charge >= 0.3 is 11.9 Å². The molecule has 4 aliphatic rings. The Hall–Kier alpha value is -1.10. The number of aliphatic carboxylic acids is 1. The molecule has 0 spiro atoms. The number of ether oxygens (including phenoxy) is 1. The number of cyclic esters (lactones) is 1. The molecule has 9 atom stereocenters. The zero-order chi connectivity index (χ0) is 19.6. The lowest BCUT2D eigenvalue weighted by Crippen LogP contribution is -2.52. The highest BCUT2D eigenvalue weighted by atomic mass is 16.5. The van der Waals surface area contributed by atoms with E-state index in [1.807, 2.05) is 6.92 Å². The smallest absolute Gasteiger partial charge is 0.309 e. The van der Waals surface area contributed by atoms with E-state index in [4.69, 9.17) is 4.74 Å². The third kappa shape index (κ3) is 2.75. The van der Waals surface area contributed by atoms with Gasteiger partial charge in [-0.25, -0.2) is 0 Å². The first-order valence-electron chi connectivity index (χ1n) is 10.8. The van der Waals surface area contributed by atoms with Crippen molar-refractivity contribution in [3.05, 3.63) is 0 Å². The molecule has 5 nitrogen and oxygen atoms in total. The molecule has 152 valence electrons. The summed E-state index contributed by atoms with van der Waals surface area (Å²) in [4.78, 5) is 24.4. The third-order valence-corrected chi connectivity index (χ3v) is 9.31. The maximum absolute atomic E-state index is 12.8. The topological polar surface area (TPSA) is 83.8 Å². The fourth-order valence-corrected chi connectivity index (χ4v) is 7.89. The van der Waals surface area contributed by atoms with Crippen LogP contribution in [0.3, 0.4) is 0 Å². The van der Waals surface area contributed by atoms with E-state index < -0.39 is 5.97 Å². The van der Waals surface area contributed by atoms with Gasteiger partial charge in [-0.2, -0.15) is 0 Å².